The van der Waals surface area contributed by atoms with E-state index in [9.17, 15) is 4.79 Å². The topological polar surface area (TPSA) is 75.6 Å². The Balaban J connectivity index is 0.00000140. The second-order valence-corrected chi connectivity index (χ2v) is 7.42. The fraction of sp³-hybridized carbons (Fsp3) is 0.500. The van der Waals surface area contributed by atoms with Gasteiger partial charge in [0.1, 0.15) is 0 Å². The maximum Gasteiger partial charge on any atom is 0.242 e. The standard InChI is InChI=1S/C20H26N4O2.2ClH/c21-20(8-4-5-9-20)19(25)24-12-10-23(11-13-24)15-18-22-14-17(26-18)16-6-2-1-3-7-16;;/h1-3,6-7,14H,4-5,8-13,15,21H2;2*1H. The fourth-order valence-corrected chi connectivity index (χ4v) is 3.95. The van der Waals surface area contributed by atoms with Crippen LogP contribution in [0.1, 0.15) is 31.6 Å². The maximum absolute atomic E-state index is 12.7. The van der Waals surface area contributed by atoms with E-state index in [0.717, 1.165) is 69.1 Å². The number of nitrogens with zero attached hydrogens (tertiary/aromatic N) is 3. The van der Waals surface area contributed by atoms with Crippen molar-refractivity contribution in [2.24, 2.45) is 5.73 Å². The van der Waals surface area contributed by atoms with Gasteiger partial charge in [-0.15, -0.1) is 24.8 Å². The number of rotatable bonds is 4. The summed E-state index contributed by atoms with van der Waals surface area (Å²) in [5.41, 5.74) is 6.74. The Morgan fingerprint density at radius 3 is 2.36 bits per heavy atom. The molecule has 154 valence electrons. The van der Waals surface area contributed by atoms with Crippen LogP contribution in [0.25, 0.3) is 11.3 Å². The molecule has 1 aromatic heterocycles. The van der Waals surface area contributed by atoms with Crippen molar-refractivity contribution in [1.82, 2.24) is 14.8 Å². The van der Waals surface area contributed by atoms with Crippen molar-refractivity contribution in [3.8, 4) is 11.3 Å². The van der Waals surface area contributed by atoms with Crippen LogP contribution in [-0.2, 0) is 11.3 Å². The second kappa shape index (κ2) is 9.74. The van der Waals surface area contributed by atoms with Crippen molar-refractivity contribution in [1.29, 1.82) is 0 Å². The molecule has 2 N–H and O–H groups in total. The van der Waals surface area contributed by atoms with Crippen LogP contribution < -0.4 is 5.73 Å². The molecule has 28 heavy (non-hydrogen) atoms. The molecular formula is C20H28Cl2N4O2. The molecule has 2 heterocycles. The van der Waals surface area contributed by atoms with E-state index in [1.165, 1.54) is 0 Å². The second-order valence-electron chi connectivity index (χ2n) is 7.42. The molecule has 1 saturated heterocycles. The average molecular weight is 427 g/mol. The lowest BCUT2D eigenvalue weighted by atomic mass is 9.97. The molecule has 1 amide bonds. The summed E-state index contributed by atoms with van der Waals surface area (Å²) in [7, 11) is 0. The summed E-state index contributed by atoms with van der Waals surface area (Å²) in [5, 5.41) is 0. The first kappa shape index (κ1) is 22.7. The van der Waals surface area contributed by atoms with Gasteiger partial charge >= 0.3 is 0 Å². The van der Waals surface area contributed by atoms with Crippen LogP contribution in [0.2, 0.25) is 0 Å². The zero-order valence-electron chi connectivity index (χ0n) is 15.9. The van der Waals surface area contributed by atoms with Crippen molar-refractivity contribution in [2.45, 2.75) is 37.8 Å². The minimum absolute atomic E-state index is 0. The third kappa shape index (κ3) is 4.87. The number of hydrogen-bond acceptors (Lipinski definition) is 5. The van der Waals surface area contributed by atoms with Crippen molar-refractivity contribution in [3.05, 3.63) is 42.4 Å². The number of nitrogens with two attached hydrogens (primary N) is 1. The van der Waals surface area contributed by atoms with Crippen LogP contribution >= 0.6 is 24.8 Å². The molecule has 6 nitrogen and oxygen atoms in total. The van der Waals surface area contributed by atoms with E-state index in [1.807, 2.05) is 35.2 Å². The smallest absolute Gasteiger partial charge is 0.242 e. The highest BCUT2D eigenvalue weighted by Crippen LogP contribution is 2.29. The predicted octanol–water partition coefficient (Wildman–Crippen LogP) is 3.10. The lowest BCUT2D eigenvalue weighted by molar-refractivity contribution is -0.138. The Kier molecular flexibility index (Phi) is 7.89. The van der Waals surface area contributed by atoms with E-state index in [2.05, 4.69) is 9.88 Å². The number of oxazole rings is 1. The van der Waals surface area contributed by atoms with Gasteiger partial charge in [-0.2, -0.15) is 0 Å². The van der Waals surface area contributed by atoms with Gasteiger partial charge in [0.05, 0.1) is 18.3 Å². The Morgan fingerprint density at radius 1 is 1.07 bits per heavy atom. The lowest BCUT2D eigenvalue weighted by Gasteiger charge is -2.38. The summed E-state index contributed by atoms with van der Waals surface area (Å²) in [5.74, 6) is 1.65. The van der Waals surface area contributed by atoms with Crippen molar-refractivity contribution >= 4 is 30.7 Å². The third-order valence-corrected chi connectivity index (χ3v) is 5.55. The van der Waals surface area contributed by atoms with Gasteiger partial charge in [0, 0.05) is 31.7 Å². The number of hydrogen-bond donors (Lipinski definition) is 1. The zero-order chi connectivity index (χ0) is 18.0. The highest BCUT2D eigenvalue weighted by molar-refractivity contribution is 5.86. The van der Waals surface area contributed by atoms with Crippen LogP contribution in [0.15, 0.2) is 40.9 Å². The van der Waals surface area contributed by atoms with E-state index < -0.39 is 5.54 Å². The maximum atomic E-state index is 12.7. The molecule has 0 spiro atoms. The van der Waals surface area contributed by atoms with Crippen LogP contribution in [-0.4, -0.2) is 52.4 Å². The normalized spacial score (nSPS) is 19.0. The van der Waals surface area contributed by atoms with Crippen LogP contribution in [0.3, 0.4) is 0 Å². The number of amides is 1. The van der Waals surface area contributed by atoms with Gasteiger partial charge in [-0.05, 0) is 12.8 Å². The first-order valence-electron chi connectivity index (χ1n) is 9.45. The molecule has 0 radical (unpaired) electrons. The highest BCUT2D eigenvalue weighted by Gasteiger charge is 2.40. The van der Waals surface area contributed by atoms with Gasteiger partial charge in [0.15, 0.2) is 5.76 Å². The first-order valence-corrected chi connectivity index (χ1v) is 9.45. The largest absolute Gasteiger partial charge is 0.439 e. The molecule has 0 bridgehead atoms. The molecule has 2 aromatic rings. The average Bonchev–Trinajstić information content (AvgIpc) is 3.33. The number of halogens is 2. The monoisotopic (exact) mass is 426 g/mol. The molecule has 1 aromatic carbocycles. The molecule has 8 heteroatoms. The minimum atomic E-state index is -0.616. The minimum Gasteiger partial charge on any atom is -0.439 e. The van der Waals surface area contributed by atoms with Gasteiger partial charge in [-0.25, -0.2) is 4.98 Å². The molecule has 0 unspecified atom stereocenters. The SMILES string of the molecule is Cl.Cl.NC1(C(=O)N2CCN(Cc3ncc(-c4ccccc4)o3)CC2)CCCC1. The van der Waals surface area contributed by atoms with Gasteiger partial charge in [0.2, 0.25) is 11.8 Å². The summed E-state index contributed by atoms with van der Waals surface area (Å²) >= 11 is 0. The molecule has 2 fully saturated rings. The predicted molar refractivity (Wildman–Crippen MR) is 114 cm³/mol. The molecule has 1 saturated carbocycles. The quantitative estimate of drug-likeness (QED) is 0.812. The van der Waals surface area contributed by atoms with E-state index in [-0.39, 0.29) is 30.7 Å². The number of piperazine rings is 1. The Bertz CT molecular complexity index is 755. The van der Waals surface area contributed by atoms with Crippen LogP contribution in [0.4, 0.5) is 0 Å². The Labute approximate surface area is 178 Å². The molecule has 4 rings (SSSR count). The summed E-state index contributed by atoms with van der Waals surface area (Å²) < 4.78 is 5.89. The summed E-state index contributed by atoms with van der Waals surface area (Å²) in [6, 6.07) is 9.99. The summed E-state index contributed by atoms with van der Waals surface area (Å²) in [6.07, 6.45) is 5.56. The van der Waals surface area contributed by atoms with Crippen molar-refractivity contribution < 1.29 is 9.21 Å². The van der Waals surface area contributed by atoms with Gasteiger partial charge < -0.3 is 15.1 Å². The molecule has 2 aliphatic rings. The fourth-order valence-electron chi connectivity index (χ4n) is 3.95. The molecular weight excluding hydrogens is 399 g/mol. The highest BCUT2D eigenvalue weighted by atomic mass is 35.5. The van der Waals surface area contributed by atoms with Gasteiger partial charge in [0.25, 0.3) is 0 Å². The zero-order valence-corrected chi connectivity index (χ0v) is 17.5. The molecule has 1 aliphatic heterocycles. The Hall–Kier alpha value is -1.60. The van der Waals surface area contributed by atoms with Crippen LogP contribution in [0.5, 0.6) is 0 Å². The van der Waals surface area contributed by atoms with Crippen LogP contribution in [0, 0.1) is 0 Å². The van der Waals surface area contributed by atoms with E-state index in [0.29, 0.717) is 6.54 Å². The number of aromatic nitrogens is 1. The van der Waals surface area contributed by atoms with E-state index in [1.54, 1.807) is 6.20 Å². The number of benzene rings is 1. The van der Waals surface area contributed by atoms with Crippen molar-refractivity contribution in [3.63, 3.8) is 0 Å². The van der Waals surface area contributed by atoms with Gasteiger partial charge in [-0.1, -0.05) is 43.2 Å². The van der Waals surface area contributed by atoms with Crippen molar-refractivity contribution in [2.75, 3.05) is 26.2 Å². The number of carbonyl (C=O) groups is 1. The van der Waals surface area contributed by atoms with E-state index >= 15 is 0 Å². The third-order valence-electron chi connectivity index (χ3n) is 5.55. The molecule has 0 atom stereocenters. The lowest BCUT2D eigenvalue weighted by Crippen LogP contribution is -2.58. The van der Waals surface area contributed by atoms with Gasteiger partial charge in [-0.3, -0.25) is 9.69 Å². The summed E-state index contributed by atoms with van der Waals surface area (Å²) in [6.45, 7) is 3.77. The number of carbonyl (C=O) groups excluding carboxylic acids is 1. The first-order chi connectivity index (χ1) is 12.6. The molecule has 1 aliphatic carbocycles. The Morgan fingerprint density at radius 2 is 1.71 bits per heavy atom. The summed E-state index contributed by atoms with van der Waals surface area (Å²) in [4.78, 5) is 21.3. The van der Waals surface area contributed by atoms with E-state index in [4.69, 9.17) is 10.2 Å².